The van der Waals surface area contributed by atoms with E-state index in [0.717, 1.165) is 0 Å². The SMILES string of the molecule is C=CC(=O)CC(C)N=C=O. The van der Waals surface area contributed by atoms with Crippen LogP contribution < -0.4 is 0 Å². The first-order valence-electron chi connectivity index (χ1n) is 2.93. The molecule has 0 amide bonds. The Morgan fingerprint density at radius 1 is 1.90 bits per heavy atom. The molecule has 0 heterocycles. The first-order chi connectivity index (χ1) is 4.70. The van der Waals surface area contributed by atoms with Crippen LogP contribution >= 0.6 is 0 Å². The highest BCUT2D eigenvalue weighted by Gasteiger charge is 2.02. The van der Waals surface area contributed by atoms with E-state index in [0.29, 0.717) is 0 Å². The zero-order valence-electron chi connectivity index (χ0n) is 5.83. The lowest BCUT2D eigenvalue weighted by atomic mass is 10.2. The van der Waals surface area contributed by atoms with Gasteiger partial charge < -0.3 is 0 Å². The Hall–Kier alpha value is -1.21. The van der Waals surface area contributed by atoms with Gasteiger partial charge in [0.05, 0.1) is 6.04 Å². The minimum Gasteiger partial charge on any atom is -0.295 e. The predicted molar refractivity (Wildman–Crippen MR) is 37.4 cm³/mol. The highest BCUT2D eigenvalue weighted by molar-refractivity contribution is 5.89. The van der Waals surface area contributed by atoms with Gasteiger partial charge in [-0.05, 0) is 13.0 Å². The molecule has 0 bridgehead atoms. The van der Waals surface area contributed by atoms with Crippen LogP contribution in [0.15, 0.2) is 17.6 Å². The molecule has 0 aliphatic carbocycles. The van der Waals surface area contributed by atoms with Gasteiger partial charge in [0.2, 0.25) is 6.08 Å². The maximum atomic E-state index is 10.6. The molecule has 0 aliphatic heterocycles. The molecular formula is C7H9NO2. The lowest BCUT2D eigenvalue weighted by Gasteiger charge is -1.96. The summed E-state index contributed by atoms with van der Waals surface area (Å²) in [6.45, 7) is 4.96. The largest absolute Gasteiger partial charge is 0.295 e. The molecule has 3 heteroatoms. The number of isocyanates is 1. The molecule has 0 N–H and O–H groups in total. The Labute approximate surface area is 59.5 Å². The summed E-state index contributed by atoms with van der Waals surface area (Å²) in [7, 11) is 0. The average molecular weight is 139 g/mol. The van der Waals surface area contributed by atoms with Gasteiger partial charge in [-0.1, -0.05) is 6.58 Å². The molecule has 54 valence electrons. The number of carbonyl (C=O) groups excluding carboxylic acids is 2. The van der Waals surface area contributed by atoms with Crippen molar-refractivity contribution in [1.82, 2.24) is 0 Å². The molecule has 0 saturated carbocycles. The normalized spacial score (nSPS) is 11.3. The number of nitrogens with zero attached hydrogens (tertiary/aromatic N) is 1. The summed E-state index contributed by atoms with van der Waals surface area (Å²) in [4.78, 5) is 23.6. The molecule has 10 heavy (non-hydrogen) atoms. The fraction of sp³-hybridized carbons (Fsp3) is 0.429. The highest BCUT2D eigenvalue weighted by Crippen LogP contribution is 1.96. The third kappa shape index (κ3) is 3.75. The van der Waals surface area contributed by atoms with E-state index in [1.807, 2.05) is 0 Å². The Morgan fingerprint density at radius 3 is 2.90 bits per heavy atom. The van der Waals surface area contributed by atoms with Crippen molar-refractivity contribution < 1.29 is 9.59 Å². The molecule has 0 fully saturated rings. The summed E-state index contributed by atoms with van der Waals surface area (Å²) >= 11 is 0. The van der Waals surface area contributed by atoms with Gasteiger partial charge in [0.15, 0.2) is 5.78 Å². The third-order valence-corrected chi connectivity index (χ3v) is 0.997. The van der Waals surface area contributed by atoms with Gasteiger partial charge in [-0.2, -0.15) is 0 Å². The van der Waals surface area contributed by atoms with Crippen LogP contribution in [0, 0.1) is 0 Å². The fourth-order valence-corrected chi connectivity index (χ4v) is 0.510. The molecular weight excluding hydrogens is 130 g/mol. The second kappa shape index (κ2) is 4.65. The summed E-state index contributed by atoms with van der Waals surface area (Å²) in [5.41, 5.74) is 0. The molecule has 1 atom stereocenters. The van der Waals surface area contributed by atoms with Crippen molar-refractivity contribution in [1.29, 1.82) is 0 Å². The number of carbonyl (C=O) groups is 1. The molecule has 0 aliphatic rings. The number of rotatable bonds is 4. The van der Waals surface area contributed by atoms with Gasteiger partial charge >= 0.3 is 0 Å². The molecule has 3 nitrogen and oxygen atoms in total. The van der Waals surface area contributed by atoms with Crippen molar-refractivity contribution in [3.8, 4) is 0 Å². The summed E-state index contributed by atoms with van der Waals surface area (Å²) in [5, 5.41) is 0. The fourth-order valence-electron chi connectivity index (χ4n) is 0.510. The summed E-state index contributed by atoms with van der Waals surface area (Å²) in [5.74, 6) is -0.105. The minimum atomic E-state index is -0.275. The Balaban J connectivity index is 3.78. The zero-order chi connectivity index (χ0) is 7.98. The minimum absolute atomic E-state index is 0.105. The molecule has 0 spiro atoms. The van der Waals surface area contributed by atoms with Crippen molar-refractivity contribution in [2.75, 3.05) is 0 Å². The summed E-state index contributed by atoms with van der Waals surface area (Å²) in [6.07, 6.45) is 2.84. The number of aliphatic imine (C=N–C) groups is 1. The molecule has 0 radical (unpaired) electrons. The van der Waals surface area contributed by atoms with Gasteiger partial charge in [-0.15, -0.1) is 0 Å². The van der Waals surface area contributed by atoms with E-state index < -0.39 is 0 Å². The Bertz CT molecular complexity index is 180. The van der Waals surface area contributed by atoms with Gasteiger partial charge in [0.25, 0.3) is 0 Å². The molecule has 0 rings (SSSR count). The lowest BCUT2D eigenvalue weighted by Crippen LogP contribution is -2.04. The van der Waals surface area contributed by atoms with Crippen LogP contribution in [0.25, 0.3) is 0 Å². The molecule has 0 saturated heterocycles. The van der Waals surface area contributed by atoms with E-state index >= 15 is 0 Å². The number of hydrogen-bond acceptors (Lipinski definition) is 3. The van der Waals surface area contributed by atoms with E-state index in [1.165, 1.54) is 12.2 Å². The van der Waals surface area contributed by atoms with E-state index in [1.54, 1.807) is 6.92 Å². The van der Waals surface area contributed by atoms with Crippen LogP contribution in [-0.2, 0) is 9.59 Å². The topological polar surface area (TPSA) is 46.5 Å². The summed E-state index contributed by atoms with van der Waals surface area (Å²) in [6, 6.07) is -0.275. The van der Waals surface area contributed by atoms with Crippen molar-refractivity contribution in [2.24, 2.45) is 4.99 Å². The number of allylic oxidation sites excluding steroid dienone is 1. The second-order valence-electron chi connectivity index (χ2n) is 1.94. The number of ketones is 1. The van der Waals surface area contributed by atoms with Crippen LogP contribution in [0.4, 0.5) is 0 Å². The first kappa shape index (κ1) is 8.79. The molecule has 1 unspecified atom stereocenters. The quantitative estimate of drug-likeness (QED) is 0.329. The van der Waals surface area contributed by atoms with Gasteiger partial charge in [0, 0.05) is 6.42 Å². The van der Waals surface area contributed by atoms with Crippen molar-refractivity contribution in [2.45, 2.75) is 19.4 Å². The maximum Gasteiger partial charge on any atom is 0.235 e. The van der Waals surface area contributed by atoms with Crippen molar-refractivity contribution in [3.05, 3.63) is 12.7 Å². The Kier molecular flexibility index (Phi) is 4.09. The maximum absolute atomic E-state index is 10.6. The zero-order valence-corrected chi connectivity index (χ0v) is 5.83. The van der Waals surface area contributed by atoms with Gasteiger partial charge in [-0.3, -0.25) is 4.79 Å². The molecule has 0 aromatic heterocycles. The summed E-state index contributed by atoms with van der Waals surface area (Å²) < 4.78 is 0. The monoisotopic (exact) mass is 139 g/mol. The average Bonchev–Trinajstić information content (AvgIpc) is 1.88. The van der Waals surface area contributed by atoms with Crippen molar-refractivity contribution >= 4 is 11.9 Å². The van der Waals surface area contributed by atoms with Crippen molar-refractivity contribution in [3.63, 3.8) is 0 Å². The highest BCUT2D eigenvalue weighted by atomic mass is 16.1. The van der Waals surface area contributed by atoms with E-state index in [9.17, 15) is 9.59 Å². The van der Waals surface area contributed by atoms with E-state index in [-0.39, 0.29) is 18.2 Å². The third-order valence-electron chi connectivity index (χ3n) is 0.997. The van der Waals surface area contributed by atoms with E-state index in [2.05, 4.69) is 11.6 Å². The van der Waals surface area contributed by atoms with Gasteiger partial charge in [0.1, 0.15) is 0 Å². The van der Waals surface area contributed by atoms with E-state index in [4.69, 9.17) is 0 Å². The van der Waals surface area contributed by atoms with Crippen LogP contribution in [0.2, 0.25) is 0 Å². The Morgan fingerprint density at radius 2 is 2.50 bits per heavy atom. The molecule has 0 aromatic rings. The van der Waals surface area contributed by atoms with Crippen LogP contribution in [0.5, 0.6) is 0 Å². The first-order valence-corrected chi connectivity index (χ1v) is 2.93. The molecule has 0 aromatic carbocycles. The predicted octanol–water partition coefficient (Wildman–Crippen LogP) is 0.856. The number of hydrogen-bond donors (Lipinski definition) is 0. The van der Waals surface area contributed by atoms with Crippen LogP contribution in [-0.4, -0.2) is 17.9 Å². The van der Waals surface area contributed by atoms with Crippen LogP contribution in [0.1, 0.15) is 13.3 Å². The van der Waals surface area contributed by atoms with Gasteiger partial charge in [-0.25, -0.2) is 9.79 Å². The smallest absolute Gasteiger partial charge is 0.235 e. The standard InChI is InChI=1S/C7H9NO2/c1-3-7(10)4-6(2)8-5-9/h3,6H,1,4H2,2H3. The second-order valence-corrected chi connectivity index (χ2v) is 1.94. The van der Waals surface area contributed by atoms with Crippen LogP contribution in [0.3, 0.4) is 0 Å². The lowest BCUT2D eigenvalue weighted by molar-refractivity contribution is -0.114.